The molecule has 0 aromatic heterocycles. The molecule has 1 rings (SSSR count). The van der Waals surface area contributed by atoms with Crippen LogP contribution in [-0.4, -0.2) is 26.6 Å². The Morgan fingerprint density at radius 3 is 2.67 bits per heavy atom. The number of sulfone groups is 1. The predicted octanol–water partition coefficient (Wildman–Crippen LogP) is 1.05. The molecule has 0 atom stereocenters. The minimum absolute atomic E-state index is 0.155. The summed E-state index contributed by atoms with van der Waals surface area (Å²) in [6, 6.07) is 4.34. The highest BCUT2D eigenvalue weighted by molar-refractivity contribution is 7.93. The van der Waals surface area contributed by atoms with Crippen LogP contribution in [0.25, 0.3) is 0 Å². The molecule has 0 aliphatic rings. The van der Waals surface area contributed by atoms with E-state index in [1.807, 2.05) is 0 Å². The zero-order valence-corrected chi connectivity index (χ0v) is 9.77. The molecule has 4 nitrogen and oxygen atoms in total. The molecule has 2 N–H and O–H groups in total. The van der Waals surface area contributed by atoms with Gasteiger partial charge in [-0.25, -0.2) is 8.42 Å². The molecule has 1 aromatic carbocycles. The number of ether oxygens (including phenoxy) is 1. The number of rotatable bonds is 4. The summed E-state index contributed by atoms with van der Waals surface area (Å²) in [7, 11) is -1.88. The van der Waals surface area contributed by atoms with Crippen molar-refractivity contribution in [3.63, 3.8) is 0 Å². The van der Waals surface area contributed by atoms with Crippen LogP contribution >= 0.6 is 12.2 Å². The number of thiocarbonyl (C=S) groups is 1. The molecule has 0 aliphatic heterocycles. The minimum Gasteiger partial charge on any atom is -0.495 e. The molecule has 15 heavy (non-hydrogen) atoms. The first-order valence-corrected chi connectivity index (χ1v) is 6.23. The van der Waals surface area contributed by atoms with Crippen LogP contribution in [-0.2, 0) is 9.84 Å². The van der Waals surface area contributed by atoms with Gasteiger partial charge in [0.15, 0.2) is 9.84 Å². The van der Waals surface area contributed by atoms with Gasteiger partial charge in [0.05, 0.1) is 23.4 Å². The molecule has 0 spiro atoms. The third-order valence-electron chi connectivity index (χ3n) is 1.85. The van der Waals surface area contributed by atoms with Crippen molar-refractivity contribution in [3.8, 4) is 5.75 Å². The average Bonchev–Trinajstić information content (AvgIpc) is 2.17. The van der Waals surface area contributed by atoms with Gasteiger partial charge in [0, 0.05) is 0 Å². The van der Waals surface area contributed by atoms with Crippen molar-refractivity contribution in [2.75, 3.05) is 18.6 Å². The van der Waals surface area contributed by atoms with Crippen LogP contribution in [0.4, 0.5) is 5.69 Å². The highest BCUT2D eigenvalue weighted by Gasteiger charge is 2.14. The zero-order chi connectivity index (χ0) is 11.5. The highest BCUT2D eigenvalue weighted by atomic mass is 32.2. The van der Waals surface area contributed by atoms with Gasteiger partial charge in [-0.3, -0.25) is 0 Å². The van der Waals surface area contributed by atoms with Crippen LogP contribution in [0.3, 0.4) is 0 Å². The van der Waals surface area contributed by atoms with Crippen molar-refractivity contribution in [1.29, 1.82) is 0 Å². The number of anilines is 1. The van der Waals surface area contributed by atoms with Gasteiger partial charge in [-0.1, -0.05) is 12.2 Å². The van der Waals surface area contributed by atoms with Gasteiger partial charge in [0.25, 0.3) is 0 Å². The second kappa shape index (κ2) is 4.59. The zero-order valence-electron chi connectivity index (χ0n) is 8.14. The fourth-order valence-corrected chi connectivity index (χ4v) is 2.58. The first-order valence-electron chi connectivity index (χ1n) is 4.11. The summed E-state index contributed by atoms with van der Waals surface area (Å²) in [5.74, 6) is 0.282. The molecule has 0 saturated heterocycles. The van der Waals surface area contributed by atoms with E-state index in [9.17, 15) is 8.42 Å². The maximum absolute atomic E-state index is 11.6. The lowest BCUT2D eigenvalue weighted by molar-refractivity contribution is 0.416. The van der Waals surface area contributed by atoms with Crippen LogP contribution < -0.4 is 10.5 Å². The van der Waals surface area contributed by atoms with Crippen molar-refractivity contribution in [2.45, 2.75) is 4.90 Å². The maximum atomic E-state index is 11.6. The van der Waals surface area contributed by atoms with Gasteiger partial charge in [-0.05, 0) is 23.6 Å². The lowest BCUT2D eigenvalue weighted by Crippen LogP contribution is -2.07. The molecule has 1 aromatic rings. The molecule has 0 fully saturated rings. The number of hydrogen-bond donors (Lipinski definition) is 1. The van der Waals surface area contributed by atoms with E-state index in [1.54, 1.807) is 0 Å². The monoisotopic (exact) mass is 245 g/mol. The lowest BCUT2D eigenvalue weighted by Gasteiger charge is -2.06. The second-order valence-electron chi connectivity index (χ2n) is 2.85. The van der Waals surface area contributed by atoms with Crippen LogP contribution in [0.15, 0.2) is 23.1 Å². The average molecular weight is 245 g/mol. The van der Waals surface area contributed by atoms with E-state index in [0.29, 0.717) is 11.4 Å². The van der Waals surface area contributed by atoms with E-state index >= 15 is 0 Å². The van der Waals surface area contributed by atoms with E-state index < -0.39 is 9.84 Å². The summed E-state index contributed by atoms with van der Waals surface area (Å²) in [6.07, 6.45) is 0. The molecular formula is C9H11NO3S2. The SMILES string of the molecule is COc1ccc(S(=O)(=O)CC=S)cc1N. The lowest BCUT2D eigenvalue weighted by atomic mass is 10.3. The number of nitrogen functional groups attached to an aromatic ring is 1. The molecule has 0 saturated carbocycles. The van der Waals surface area contributed by atoms with Gasteiger partial charge in [-0.15, -0.1) is 0 Å². The molecule has 82 valence electrons. The van der Waals surface area contributed by atoms with Crippen molar-refractivity contribution in [2.24, 2.45) is 0 Å². The summed E-state index contributed by atoms with van der Waals surface area (Å²) in [5.41, 5.74) is 5.89. The normalized spacial score (nSPS) is 11.0. The quantitative estimate of drug-likeness (QED) is 0.634. The third kappa shape index (κ3) is 2.66. The van der Waals surface area contributed by atoms with Gasteiger partial charge in [0.2, 0.25) is 0 Å². The second-order valence-corrected chi connectivity index (χ2v) is 5.22. The topological polar surface area (TPSA) is 69.4 Å². The van der Waals surface area contributed by atoms with Crippen LogP contribution in [0, 0.1) is 0 Å². The molecule has 0 bridgehead atoms. The van der Waals surface area contributed by atoms with E-state index in [0.717, 1.165) is 0 Å². The van der Waals surface area contributed by atoms with Gasteiger partial charge in [-0.2, -0.15) is 0 Å². The molecule has 0 amide bonds. The van der Waals surface area contributed by atoms with Gasteiger partial charge in [0.1, 0.15) is 5.75 Å². The Morgan fingerprint density at radius 1 is 1.53 bits per heavy atom. The van der Waals surface area contributed by atoms with Gasteiger partial charge < -0.3 is 10.5 Å². The fourth-order valence-electron chi connectivity index (χ4n) is 1.09. The van der Waals surface area contributed by atoms with Crippen molar-refractivity contribution in [3.05, 3.63) is 18.2 Å². The van der Waals surface area contributed by atoms with Crippen LogP contribution in [0.1, 0.15) is 0 Å². The Bertz CT molecular complexity index is 468. The van der Waals surface area contributed by atoms with Crippen LogP contribution in [0.2, 0.25) is 0 Å². The van der Waals surface area contributed by atoms with E-state index in [1.165, 1.54) is 30.7 Å². The van der Waals surface area contributed by atoms with E-state index in [4.69, 9.17) is 10.5 Å². The summed E-state index contributed by atoms with van der Waals surface area (Å²) >= 11 is 4.52. The summed E-state index contributed by atoms with van der Waals surface area (Å²) in [5, 5.41) is 1.18. The molecule has 0 radical (unpaired) electrons. The molecule has 6 heteroatoms. The van der Waals surface area contributed by atoms with E-state index in [2.05, 4.69) is 12.2 Å². The maximum Gasteiger partial charge on any atom is 0.182 e. The standard InChI is InChI=1S/C9H11NO3S2/c1-13-9-3-2-7(6-8(9)10)15(11,12)5-4-14/h2-4,6H,5,10H2,1H3. The summed E-state index contributed by atoms with van der Waals surface area (Å²) in [4.78, 5) is 0.155. The fraction of sp³-hybridized carbons (Fsp3) is 0.222. The van der Waals surface area contributed by atoms with Crippen molar-refractivity contribution in [1.82, 2.24) is 0 Å². The van der Waals surface area contributed by atoms with Crippen LogP contribution in [0.5, 0.6) is 5.75 Å². The minimum atomic E-state index is -3.35. The Kier molecular flexibility index (Phi) is 3.65. The number of nitrogens with two attached hydrogens (primary N) is 1. The molecule has 0 aliphatic carbocycles. The Balaban J connectivity index is 3.18. The summed E-state index contributed by atoms with van der Waals surface area (Å²) < 4.78 is 28.1. The molecule has 0 heterocycles. The Hall–Kier alpha value is -1.14. The van der Waals surface area contributed by atoms with Crippen molar-refractivity contribution < 1.29 is 13.2 Å². The summed E-state index contributed by atoms with van der Waals surface area (Å²) in [6.45, 7) is 0. The first kappa shape index (κ1) is 11.9. The number of methoxy groups -OCH3 is 1. The Labute approximate surface area is 94.0 Å². The highest BCUT2D eigenvalue weighted by Crippen LogP contribution is 2.24. The van der Waals surface area contributed by atoms with Gasteiger partial charge >= 0.3 is 0 Å². The largest absolute Gasteiger partial charge is 0.495 e. The number of hydrogen-bond acceptors (Lipinski definition) is 5. The number of benzene rings is 1. The predicted molar refractivity (Wildman–Crippen MR) is 63.1 cm³/mol. The smallest absolute Gasteiger partial charge is 0.182 e. The first-order chi connectivity index (χ1) is 7.01. The van der Waals surface area contributed by atoms with Crippen molar-refractivity contribution >= 4 is 33.1 Å². The van der Waals surface area contributed by atoms with E-state index in [-0.39, 0.29) is 10.6 Å². The molecular weight excluding hydrogens is 234 g/mol. The molecule has 0 unspecified atom stereocenters. The Morgan fingerprint density at radius 2 is 2.20 bits per heavy atom. The third-order valence-corrected chi connectivity index (χ3v) is 3.80.